The smallest absolute Gasteiger partial charge is 0.335 e. The molecule has 1 saturated heterocycles. The number of barbiturate groups is 1. The molecule has 0 aliphatic carbocycles. The van der Waals surface area contributed by atoms with Gasteiger partial charge in [-0.2, -0.15) is 0 Å². The normalized spacial score (nSPS) is 14.7. The predicted molar refractivity (Wildman–Crippen MR) is 131 cm³/mol. The topological polar surface area (TPSA) is 84.9 Å². The second kappa shape index (κ2) is 10.7. The van der Waals surface area contributed by atoms with Crippen LogP contribution in [0.25, 0.3) is 6.08 Å². The summed E-state index contributed by atoms with van der Waals surface area (Å²) in [6.45, 7) is 2.15. The van der Waals surface area contributed by atoms with E-state index in [9.17, 15) is 23.2 Å². The van der Waals surface area contributed by atoms with E-state index in [-0.39, 0.29) is 23.7 Å². The molecule has 0 aromatic heterocycles. The molecule has 3 aromatic rings. The Bertz CT molecular complexity index is 1380. The molecule has 0 radical (unpaired) electrons. The van der Waals surface area contributed by atoms with Gasteiger partial charge in [-0.05, 0) is 88.6 Å². The van der Waals surface area contributed by atoms with Crippen LogP contribution in [0.5, 0.6) is 11.5 Å². The summed E-state index contributed by atoms with van der Waals surface area (Å²) in [6, 6.07) is 12.9. The van der Waals surface area contributed by atoms with Gasteiger partial charge in [0, 0.05) is 0 Å². The van der Waals surface area contributed by atoms with Crippen LogP contribution in [0, 0.1) is 11.6 Å². The SMILES string of the molecule is CCOc1cc(/C=C2\C(=O)NC(=O)N(c3ccc(F)cc3)C2=O)cc(Br)c1OCc1cccc(F)c1. The van der Waals surface area contributed by atoms with Crippen LogP contribution in [0.15, 0.2) is 70.7 Å². The van der Waals surface area contributed by atoms with Crippen LogP contribution in [0.1, 0.15) is 18.1 Å². The standard InChI is InChI=1S/C26H19BrF2N2O5/c1-2-35-22-13-16(12-21(27)23(22)36-14-15-4-3-5-18(29)10-15)11-20-24(32)30-26(34)31(25(20)33)19-8-6-17(28)7-9-19/h3-13H,2,14H2,1H3,(H,30,32,34)/b20-11+. The zero-order valence-corrected chi connectivity index (χ0v) is 20.5. The van der Waals surface area contributed by atoms with E-state index in [1.165, 1.54) is 30.3 Å². The van der Waals surface area contributed by atoms with E-state index in [4.69, 9.17) is 9.47 Å². The van der Waals surface area contributed by atoms with Gasteiger partial charge in [0.15, 0.2) is 11.5 Å². The highest BCUT2D eigenvalue weighted by Crippen LogP contribution is 2.38. The summed E-state index contributed by atoms with van der Waals surface area (Å²) in [4.78, 5) is 38.6. The van der Waals surface area contributed by atoms with Crippen molar-refractivity contribution in [3.8, 4) is 11.5 Å². The molecule has 0 unspecified atom stereocenters. The summed E-state index contributed by atoms with van der Waals surface area (Å²) >= 11 is 3.42. The minimum absolute atomic E-state index is 0.0759. The molecule has 1 aliphatic heterocycles. The number of hydrogen-bond acceptors (Lipinski definition) is 5. The van der Waals surface area contributed by atoms with Crippen molar-refractivity contribution in [3.05, 3.63) is 93.5 Å². The summed E-state index contributed by atoms with van der Waals surface area (Å²) in [6.07, 6.45) is 1.31. The number of nitrogens with one attached hydrogen (secondary N) is 1. The van der Waals surface area contributed by atoms with Crippen molar-refractivity contribution in [3.63, 3.8) is 0 Å². The van der Waals surface area contributed by atoms with E-state index in [0.717, 1.165) is 17.0 Å². The molecular formula is C26H19BrF2N2O5. The van der Waals surface area contributed by atoms with Crippen LogP contribution in [0.3, 0.4) is 0 Å². The fourth-order valence-corrected chi connectivity index (χ4v) is 4.08. The van der Waals surface area contributed by atoms with E-state index in [2.05, 4.69) is 21.2 Å². The lowest BCUT2D eigenvalue weighted by Crippen LogP contribution is -2.54. The van der Waals surface area contributed by atoms with Crippen LogP contribution in [0.2, 0.25) is 0 Å². The monoisotopic (exact) mass is 556 g/mol. The van der Waals surface area contributed by atoms with Crippen molar-refractivity contribution in [2.75, 3.05) is 11.5 Å². The lowest BCUT2D eigenvalue weighted by Gasteiger charge is -2.26. The average molecular weight is 557 g/mol. The molecule has 0 saturated carbocycles. The molecule has 1 aliphatic rings. The summed E-state index contributed by atoms with van der Waals surface area (Å²) in [5.41, 5.74) is 0.831. The number of ether oxygens (including phenoxy) is 2. The Morgan fingerprint density at radius 3 is 2.42 bits per heavy atom. The number of imide groups is 2. The molecule has 4 rings (SSSR count). The number of amides is 4. The number of anilines is 1. The van der Waals surface area contributed by atoms with E-state index >= 15 is 0 Å². The van der Waals surface area contributed by atoms with Crippen LogP contribution in [-0.2, 0) is 16.2 Å². The third-order valence-corrected chi connectivity index (χ3v) is 5.69. The average Bonchev–Trinajstić information content (AvgIpc) is 2.82. The van der Waals surface area contributed by atoms with E-state index in [0.29, 0.717) is 33.7 Å². The fourth-order valence-electron chi connectivity index (χ4n) is 3.51. The van der Waals surface area contributed by atoms with Gasteiger partial charge in [-0.1, -0.05) is 12.1 Å². The van der Waals surface area contributed by atoms with Gasteiger partial charge >= 0.3 is 6.03 Å². The fraction of sp³-hybridized carbons (Fsp3) is 0.115. The van der Waals surface area contributed by atoms with E-state index in [1.807, 2.05) is 0 Å². The first-order chi connectivity index (χ1) is 17.3. The number of carbonyl (C=O) groups excluding carboxylic acids is 3. The first-order valence-corrected chi connectivity index (χ1v) is 11.6. The van der Waals surface area contributed by atoms with E-state index in [1.54, 1.807) is 31.2 Å². The Balaban J connectivity index is 1.65. The highest BCUT2D eigenvalue weighted by Gasteiger charge is 2.36. The van der Waals surface area contributed by atoms with Gasteiger partial charge in [0.2, 0.25) is 0 Å². The first-order valence-electron chi connectivity index (χ1n) is 10.8. The third-order valence-electron chi connectivity index (χ3n) is 5.10. The van der Waals surface area contributed by atoms with Crippen molar-refractivity contribution < 1.29 is 32.6 Å². The van der Waals surface area contributed by atoms with Crippen molar-refractivity contribution in [1.29, 1.82) is 0 Å². The highest BCUT2D eigenvalue weighted by atomic mass is 79.9. The van der Waals surface area contributed by atoms with Crippen molar-refractivity contribution in [2.45, 2.75) is 13.5 Å². The second-order valence-corrected chi connectivity index (χ2v) is 8.47. The Morgan fingerprint density at radius 2 is 1.72 bits per heavy atom. The van der Waals surface area contributed by atoms with Crippen LogP contribution in [-0.4, -0.2) is 24.5 Å². The second-order valence-electron chi connectivity index (χ2n) is 7.62. The molecule has 3 aromatic carbocycles. The van der Waals surface area contributed by atoms with Crippen molar-refractivity contribution in [1.82, 2.24) is 5.32 Å². The molecule has 184 valence electrons. The molecule has 0 bridgehead atoms. The maximum Gasteiger partial charge on any atom is 0.335 e. The molecule has 7 nitrogen and oxygen atoms in total. The lowest BCUT2D eigenvalue weighted by atomic mass is 10.1. The number of carbonyl (C=O) groups is 3. The van der Waals surface area contributed by atoms with Gasteiger partial charge in [-0.25, -0.2) is 18.5 Å². The predicted octanol–water partition coefficient (Wildman–Crippen LogP) is 5.37. The van der Waals surface area contributed by atoms with E-state index < -0.39 is 23.7 Å². The van der Waals surface area contributed by atoms with Gasteiger partial charge in [0.05, 0.1) is 16.8 Å². The van der Waals surface area contributed by atoms with Gasteiger partial charge < -0.3 is 9.47 Å². The number of nitrogens with zero attached hydrogens (tertiary/aromatic N) is 1. The molecule has 0 atom stereocenters. The molecule has 36 heavy (non-hydrogen) atoms. The van der Waals surface area contributed by atoms with Gasteiger partial charge in [-0.3, -0.25) is 14.9 Å². The Labute approximate surface area is 213 Å². The zero-order valence-electron chi connectivity index (χ0n) is 18.9. The number of benzene rings is 3. The van der Waals surface area contributed by atoms with Gasteiger partial charge in [-0.15, -0.1) is 0 Å². The molecule has 10 heteroatoms. The number of halogens is 3. The largest absolute Gasteiger partial charge is 0.490 e. The highest BCUT2D eigenvalue weighted by molar-refractivity contribution is 9.10. The Kier molecular flexibility index (Phi) is 7.44. The van der Waals surface area contributed by atoms with Crippen molar-refractivity contribution in [2.24, 2.45) is 0 Å². The first kappa shape index (κ1) is 25.1. The maximum absolute atomic E-state index is 13.5. The number of rotatable bonds is 7. The minimum atomic E-state index is -0.939. The molecule has 1 heterocycles. The molecular weight excluding hydrogens is 538 g/mol. The number of hydrogen-bond donors (Lipinski definition) is 1. The van der Waals surface area contributed by atoms with Crippen LogP contribution in [0.4, 0.5) is 19.3 Å². The van der Waals surface area contributed by atoms with Crippen molar-refractivity contribution >= 4 is 45.5 Å². The molecule has 1 fully saturated rings. The summed E-state index contributed by atoms with van der Waals surface area (Å²) in [7, 11) is 0. The molecule has 1 N–H and O–H groups in total. The molecule has 4 amide bonds. The summed E-state index contributed by atoms with van der Waals surface area (Å²) < 4.78 is 38.8. The quantitative estimate of drug-likeness (QED) is 0.312. The number of urea groups is 1. The van der Waals surface area contributed by atoms with Crippen LogP contribution < -0.4 is 19.7 Å². The summed E-state index contributed by atoms with van der Waals surface area (Å²) in [5, 5.41) is 2.12. The Morgan fingerprint density at radius 1 is 0.972 bits per heavy atom. The summed E-state index contributed by atoms with van der Waals surface area (Å²) in [5.74, 6) is -1.98. The lowest BCUT2D eigenvalue weighted by molar-refractivity contribution is -0.122. The van der Waals surface area contributed by atoms with Gasteiger partial charge in [0.25, 0.3) is 11.8 Å². The third kappa shape index (κ3) is 5.44. The van der Waals surface area contributed by atoms with Gasteiger partial charge in [0.1, 0.15) is 23.8 Å². The maximum atomic E-state index is 13.5. The zero-order chi connectivity index (χ0) is 25.8. The minimum Gasteiger partial charge on any atom is -0.490 e. The van der Waals surface area contributed by atoms with Crippen LogP contribution >= 0.6 is 15.9 Å². The molecule has 0 spiro atoms. The Hall–Kier alpha value is -4.05.